The highest BCUT2D eigenvalue weighted by Crippen LogP contribution is 2.53. The maximum atomic E-state index is 6.54. The van der Waals surface area contributed by atoms with Crippen molar-refractivity contribution < 1.29 is 18.2 Å². The fourth-order valence-electron chi connectivity index (χ4n) is 5.77. The molecule has 0 unspecified atom stereocenters. The van der Waals surface area contributed by atoms with Crippen molar-refractivity contribution in [3.8, 4) is 0 Å². The molecule has 188 valence electrons. The van der Waals surface area contributed by atoms with Crippen LogP contribution in [0.3, 0.4) is 0 Å². The van der Waals surface area contributed by atoms with E-state index in [2.05, 4.69) is 98.1 Å². The molecule has 33 heavy (non-hydrogen) atoms. The van der Waals surface area contributed by atoms with Crippen molar-refractivity contribution >= 4 is 23.8 Å². The lowest BCUT2D eigenvalue weighted by Gasteiger charge is -2.46. The molecule has 0 spiro atoms. The lowest BCUT2D eigenvalue weighted by Crippen LogP contribution is -2.49. The molecule has 0 aromatic heterocycles. The van der Waals surface area contributed by atoms with Gasteiger partial charge in [0.1, 0.15) is 0 Å². The molecule has 1 fully saturated rings. The summed E-state index contributed by atoms with van der Waals surface area (Å²) < 4.78 is 25.6. The van der Waals surface area contributed by atoms with Crippen LogP contribution in [0, 0.1) is 5.92 Å². The van der Waals surface area contributed by atoms with Crippen LogP contribution < -0.4 is 0 Å². The van der Waals surface area contributed by atoms with Gasteiger partial charge in [-0.25, -0.2) is 0 Å². The van der Waals surface area contributed by atoms with Gasteiger partial charge in [0.05, 0.1) is 11.2 Å². The van der Waals surface area contributed by atoms with E-state index in [4.69, 9.17) is 18.2 Å². The van der Waals surface area contributed by atoms with Gasteiger partial charge < -0.3 is 18.2 Å². The SMILES string of the molecule is CO[Si](C)(C)[C@@H]([C@@H](C)[C@H](CCc1ccccc1)[Si](C)(C)OC)[C@H](C)B1OC(C)(C)C(C)(C)O1. The predicted molar refractivity (Wildman–Crippen MR) is 146 cm³/mol. The van der Waals surface area contributed by atoms with Gasteiger partial charge in [0, 0.05) is 14.2 Å². The highest BCUT2D eigenvalue weighted by molar-refractivity contribution is 6.75. The Morgan fingerprint density at radius 3 is 1.79 bits per heavy atom. The van der Waals surface area contributed by atoms with Crippen LogP contribution in [0.25, 0.3) is 0 Å². The minimum Gasteiger partial charge on any atom is -0.420 e. The Kier molecular flexibility index (Phi) is 9.31. The summed E-state index contributed by atoms with van der Waals surface area (Å²) in [5.41, 5.74) is 1.62. The standard InChI is InChI=1S/C26H49BO4Si2/c1-20(23(32(9,10)28-7)19-18-22-16-14-13-15-17-22)24(33(11,12)29-8)21(2)27-30-25(3,4)26(5,6)31-27/h13-17,20-21,23-24H,18-19H2,1-12H3/t20-,21-,23-,24-/m0/s1. The summed E-state index contributed by atoms with van der Waals surface area (Å²) in [6, 6.07) is 10.8. The lowest BCUT2D eigenvalue weighted by molar-refractivity contribution is 0.00578. The number of hydrogen-bond acceptors (Lipinski definition) is 4. The van der Waals surface area contributed by atoms with Crippen LogP contribution in [0.4, 0.5) is 0 Å². The third-order valence-electron chi connectivity index (χ3n) is 8.80. The summed E-state index contributed by atoms with van der Waals surface area (Å²) in [6.07, 6.45) is 2.20. The second kappa shape index (κ2) is 10.7. The molecule has 1 aliphatic heterocycles. The Bertz CT molecular complexity index is 738. The van der Waals surface area contributed by atoms with Gasteiger partial charge in [0.25, 0.3) is 0 Å². The summed E-state index contributed by atoms with van der Waals surface area (Å²) in [7, 11) is -0.422. The molecule has 0 saturated carbocycles. The molecular formula is C26H49BO4Si2. The van der Waals surface area contributed by atoms with Gasteiger partial charge in [-0.05, 0) is 95.1 Å². The lowest BCUT2D eigenvalue weighted by atomic mass is 9.68. The van der Waals surface area contributed by atoms with Crippen molar-refractivity contribution in [1.29, 1.82) is 0 Å². The highest BCUT2D eigenvalue weighted by atomic mass is 28.4. The van der Waals surface area contributed by atoms with Gasteiger partial charge in [0.2, 0.25) is 0 Å². The first-order valence-electron chi connectivity index (χ1n) is 12.6. The molecule has 1 heterocycles. The quantitative estimate of drug-likeness (QED) is 0.307. The van der Waals surface area contributed by atoms with Gasteiger partial charge >= 0.3 is 7.12 Å². The second-order valence-corrected chi connectivity index (χ2v) is 20.8. The van der Waals surface area contributed by atoms with Crippen LogP contribution in [-0.4, -0.2) is 49.2 Å². The Morgan fingerprint density at radius 2 is 1.33 bits per heavy atom. The predicted octanol–water partition coefficient (Wildman–Crippen LogP) is 7.18. The van der Waals surface area contributed by atoms with Crippen molar-refractivity contribution in [2.45, 2.75) is 109 Å². The molecule has 0 bridgehead atoms. The zero-order valence-corrected chi connectivity index (χ0v) is 25.3. The van der Waals surface area contributed by atoms with Gasteiger partial charge in [-0.2, -0.15) is 0 Å². The molecule has 7 heteroatoms. The Hall–Kier alpha value is -0.441. The summed E-state index contributed by atoms with van der Waals surface area (Å²) in [4.78, 5) is 0. The van der Waals surface area contributed by atoms with Crippen molar-refractivity contribution in [1.82, 2.24) is 0 Å². The van der Waals surface area contributed by atoms with Crippen LogP contribution in [0.1, 0.15) is 53.5 Å². The average molecular weight is 493 g/mol. The fourth-order valence-corrected chi connectivity index (χ4v) is 11.8. The van der Waals surface area contributed by atoms with E-state index in [9.17, 15) is 0 Å². The second-order valence-electron chi connectivity index (χ2n) is 12.1. The van der Waals surface area contributed by atoms with E-state index in [1.807, 2.05) is 14.2 Å². The van der Waals surface area contributed by atoms with E-state index in [0.29, 0.717) is 17.0 Å². The molecule has 0 radical (unpaired) electrons. The van der Waals surface area contributed by atoms with Crippen LogP contribution >= 0.6 is 0 Å². The largest absolute Gasteiger partial charge is 0.460 e. The normalized spacial score (nSPS) is 22.1. The van der Waals surface area contributed by atoms with Crippen LogP contribution in [-0.2, 0) is 24.6 Å². The topological polar surface area (TPSA) is 36.9 Å². The Morgan fingerprint density at radius 1 is 0.848 bits per heavy atom. The molecule has 2 rings (SSSR count). The molecule has 4 nitrogen and oxygen atoms in total. The number of aryl methyl sites for hydroxylation is 1. The third-order valence-corrected chi connectivity index (χ3v) is 16.2. The Labute approximate surface area is 206 Å². The van der Waals surface area contributed by atoms with E-state index in [0.717, 1.165) is 12.8 Å². The highest BCUT2D eigenvalue weighted by Gasteiger charge is 2.57. The molecular weight excluding hydrogens is 443 g/mol. The van der Waals surface area contributed by atoms with Gasteiger partial charge in [-0.1, -0.05) is 44.2 Å². The number of hydrogen-bond donors (Lipinski definition) is 0. The fraction of sp³-hybridized carbons (Fsp3) is 0.769. The van der Waals surface area contributed by atoms with Crippen molar-refractivity contribution in [3.05, 3.63) is 35.9 Å². The summed E-state index contributed by atoms with van der Waals surface area (Å²) in [5.74, 6) is 0.662. The van der Waals surface area contributed by atoms with Crippen LogP contribution in [0.5, 0.6) is 0 Å². The minimum atomic E-state index is -2.05. The molecule has 0 amide bonds. The molecule has 4 atom stereocenters. The summed E-state index contributed by atoms with van der Waals surface area (Å²) >= 11 is 0. The van der Waals surface area contributed by atoms with E-state index in [1.165, 1.54) is 5.56 Å². The molecule has 1 aromatic carbocycles. The van der Waals surface area contributed by atoms with Crippen LogP contribution in [0.2, 0.25) is 43.1 Å². The van der Waals surface area contributed by atoms with Gasteiger partial charge in [0.15, 0.2) is 16.6 Å². The van der Waals surface area contributed by atoms with E-state index < -0.39 is 16.6 Å². The zero-order valence-electron chi connectivity index (χ0n) is 23.3. The smallest absolute Gasteiger partial charge is 0.420 e. The molecule has 0 N–H and O–H groups in total. The van der Waals surface area contributed by atoms with Gasteiger partial charge in [-0.15, -0.1) is 0 Å². The van der Waals surface area contributed by atoms with E-state index in [-0.39, 0.29) is 24.1 Å². The first kappa shape index (κ1) is 28.8. The Balaban J connectivity index is 2.38. The first-order valence-corrected chi connectivity index (χ1v) is 18.6. The monoisotopic (exact) mass is 492 g/mol. The maximum absolute atomic E-state index is 6.54. The number of benzene rings is 1. The minimum absolute atomic E-state index is 0.226. The maximum Gasteiger partial charge on any atom is 0.460 e. The molecule has 1 aliphatic rings. The first-order chi connectivity index (χ1) is 15.1. The van der Waals surface area contributed by atoms with E-state index >= 15 is 0 Å². The van der Waals surface area contributed by atoms with Crippen LogP contribution in [0.15, 0.2) is 30.3 Å². The molecule has 0 aliphatic carbocycles. The zero-order chi connectivity index (χ0) is 25.2. The third kappa shape index (κ3) is 6.42. The molecule has 1 aromatic rings. The average Bonchev–Trinajstić information content (AvgIpc) is 2.95. The number of rotatable bonds is 11. The summed E-state index contributed by atoms with van der Waals surface area (Å²) in [5, 5.41) is 0. The van der Waals surface area contributed by atoms with Crippen molar-refractivity contribution in [2.24, 2.45) is 5.92 Å². The summed E-state index contributed by atoms with van der Waals surface area (Å²) in [6.45, 7) is 22.8. The van der Waals surface area contributed by atoms with Gasteiger partial charge in [-0.3, -0.25) is 0 Å². The molecule has 1 saturated heterocycles. The van der Waals surface area contributed by atoms with Crippen molar-refractivity contribution in [3.63, 3.8) is 0 Å². The van der Waals surface area contributed by atoms with Crippen molar-refractivity contribution in [2.75, 3.05) is 14.2 Å². The van der Waals surface area contributed by atoms with E-state index in [1.54, 1.807) is 0 Å².